The minimum Gasteiger partial charge on any atom is -0.457 e. The van der Waals surface area contributed by atoms with Crippen molar-refractivity contribution in [2.75, 3.05) is 6.54 Å². The van der Waals surface area contributed by atoms with E-state index in [2.05, 4.69) is 0 Å². The number of hydrogen-bond donors (Lipinski definition) is 0. The van der Waals surface area contributed by atoms with Gasteiger partial charge in [0.1, 0.15) is 12.2 Å². The third-order valence-corrected chi connectivity index (χ3v) is 3.93. The maximum atomic E-state index is 12.3. The Morgan fingerprint density at radius 1 is 1.24 bits per heavy atom. The largest absolute Gasteiger partial charge is 0.457 e. The molecular weight excluding hydrogens is 318 g/mol. The van der Waals surface area contributed by atoms with Crippen molar-refractivity contribution in [3.63, 3.8) is 0 Å². The average molecular weight is 345 g/mol. The maximum Gasteiger partial charge on any atom is 0.410 e. The minimum absolute atomic E-state index is 0.00860. The first-order valence-electron chi connectivity index (χ1n) is 8.64. The molecule has 2 rings (SSSR count). The number of esters is 1. The van der Waals surface area contributed by atoms with Crippen molar-refractivity contribution in [3.05, 3.63) is 47.5 Å². The van der Waals surface area contributed by atoms with Gasteiger partial charge < -0.3 is 14.4 Å². The van der Waals surface area contributed by atoms with E-state index in [4.69, 9.17) is 9.47 Å². The molecule has 0 spiro atoms. The number of piperidine rings is 1. The number of hydrogen-bond acceptors (Lipinski definition) is 4. The molecule has 5 nitrogen and oxygen atoms in total. The Morgan fingerprint density at radius 2 is 1.92 bits per heavy atom. The molecule has 1 fully saturated rings. The van der Waals surface area contributed by atoms with Crippen molar-refractivity contribution >= 4 is 12.1 Å². The SMILES string of the molecule is CC1C/C(=C\C(=O)OC(C)(C)C)CCN1C(=O)OCc1ccccc1. The zero-order valence-corrected chi connectivity index (χ0v) is 15.5. The van der Waals surface area contributed by atoms with Crippen LogP contribution in [0.3, 0.4) is 0 Å². The summed E-state index contributed by atoms with van der Waals surface area (Å²) in [6.07, 6.45) is 2.56. The molecule has 1 unspecified atom stereocenters. The number of carbonyl (C=O) groups is 2. The maximum absolute atomic E-state index is 12.3. The van der Waals surface area contributed by atoms with Gasteiger partial charge in [-0.05, 0) is 46.1 Å². The Kier molecular flexibility index (Phi) is 6.23. The van der Waals surface area contributed by atoms with Crippen LogP contribution >= 0.6 is 0 Å². The van der Waals surface area contributed by atoms with Crippen LogP contribution in [0.2, 0.25) is 0 Å². The molecular formula is C20H27NO4. The molecule has 1 aromatic carbocycles. The van der Waals surface area contributed by atoms with Gasteiger partial charge in [0.05, 0.1) is 0 Å². The lowest BCUT2D eigenvalue weighted by molar-refractivity contribution is -0.148. The number of carbonyl (C=O) groups excluding carboxylic acids is 2. The Morgan fingerprint density at radius 3 is 2.52 bits per heavy atom. The zero-order chi connectivity index (χ0) is 18.4. The summed E-state index contributed by atoms with van der Waals surface area (Å²) in [5.74, 6) is -0.324. The summed E-state index contributed by atoms with van der Waals surface area (Å²) >= 11 is 0. The van der Waals surface area contributed by atoms with Gasteiger partial charge in [-0.2, -0.15) is 0 Å². The molecule has 1 amide bonds. The first kappa shape index (κ1) is 19.0. The molecule has 0 bridgehead atoms. The van der Waals surface area contributed by atoms with Crippen molar-refractivity contribution in [2.24, 2.45) is 0 Å². The highest BCUT2D eigenvalue weighted by molar-refractivity contribution is 5.83. The second-order valence-corrected chi connectivity index (χ2v) is 7.37. The number of ether oxygens (including phenoxy) is 2. The van der Waals surface area contributed by atoms with Gasteiger partial charge in [0, 0.05) is 18.7 Å². The monoisotopic (exact) mass is 345 g/mol. The van der Waals surface area contributed by atoms with Crippen LogP contribution in [0.5, 0.6) is 0 Å². The van der Waals surface area contributed by atoms with Crippen LogP contribution in [0.25, 0.3) is 0 Å². The molecule has 5 heteroatoms. The highest BCUT2D eigenvalue weighted by atomic mass is 16.6. The van der Waals surface area contributed by atoms with E-state index in [0.717, 1.165) is 11.1 Å². The average Bonchev–Trinajstić information content (AvgIpc) is 2.52. The smallest absolute Gasteiger partial charge is 0.410 e. The molecule has 1 heterocycles. The van der Waals surface area contributed by atoms with Gasteiger partial charge in [-0.25, -0.2) is 9.59 Å². The van der Waals surface area contributed by atoms with Gasteiger partial charge in [0.2, 0.25) is 0 Å². The lowest BCUT2D eigenvalue weighted by atomic mass is 9.98. The van der Waals surface area contributed by atoms with Gasteiger partial charge in [0.15, 0.2) is 0 Å². The highest BCUT2D eigenvalue weighted by Gasteiger charge is 2.27. The molecule has 136 valence electrons. The number of benzene rings is 1. The van der Waals surface area contributed by atoms with E-state index in [9.17, 15) is 9.59 Å². The van der Waals surface area contributed by atoms with Gasteiger partial charge in [-0.1, -0.05) is 35.9 Å². The van der Waals surface area contributed by atoms with Crippen molar-refractivity contribution < 1.29 is 19.1 Å². The van der Waals surface area contributed by atoms with Crippen LogP contribution in [-0.4, -0.2) is 35.2 Å². The van der Waals surface area contributed by atoms with Crippen molar-refractivity contribution in [3.8, 4) is 0 Å². The molecule has 1 atom stereocenters. The van der Waals surface area contributed by atoms with E-state index in [-0.39, 0.29) is 24.7 Å². The van der Waals surface area contributed by atoms with Crippen molar-refractivity contribution in [1.29, 1.82) is 0 Å². The third kappa shape index (κ3) is 6.25. The van der Waals surface area contributed by atoms with Crippen LogP contribution in [0.15, 0.2) is 42.0 Å². The summed E-state index contributed by atoms with van der Waals surface area (Å²) in [6, 6.07) is 9.60. The lowest BCUT2D eigenvalue weighted by Gasteiger charge is -2.34. The summed E-state index contributed by atoms with van der Waals surface area (Å²) in [5, 5.41) is 0. The molecule has 0 radical (unpaired) electrons. The number of likely N-dealkylation sites (tertiary alicyclic amines) is 1. The number of rotatable bonds is 3. The van der Waals surface area contributed by atoms with Crippen LogP contribution in [0.4, 0.5) is 4.79 Å². The second-order valence-electron chi connectivity index (χ2n) is 7.37. The fourth-order valence-corrected chi connectivity index (χ4v) is 2.78. The molecule has 1 aromatic rings. The summed E-state index contributed by atoms with van der Waals surface area (Å²) in [7, 11) is 0. The lowest BCUT2D eigenvalue weighted by Crippen LogP contribution is -2.43. The topological polar surface area (TPSA) is 55.8 Å². The van der Waals surface area contributed by atoms with Crippen LogP contribution in [-0.2, 0) is 20.9 Å². The predicted molar refractivity (Wildman–Crippen MR) is 96.0 cm³/mol. The predicted octanol–water partition coefficient (Wildman–Crippen LogP) is 4.08. The first-order chi connectivity index (χ1) is 11.7. The van der Waals surface area contributed by atoms with Gasteiger partial charge in [-0.3, -0.25) is 0 Å². The summed E-state index contributed by atoms with van der Waals surface area (Å²) < 4.78 is 10.7. The van der Waals surface area contributed by atoms with Crippen LogP contribution < -0.4 is 0 Å². The van der Waals surface area contributed by atoms with E-state index >= 15 is 0 Å². The van der Waals surface area contributed by atoms with Gasteiger partial charge in [-0.15, -0.1) is 0 Å². The van der Waals surface area contributed by atoms with Crippen LogP contribution in [0.1, 0.15) is 46.1 Å². The standard InChI is InChI=1S/C20H27NO4/c1-15-12-17(13-18(22)25-20(2,3)4)10-11-21(15)19(23)24-14-16-8-6-5-7-9-16/h5-9,13,15H,10-12,14H2,1-4H3/b17-13-. The normalized spacial score (nSPS) is 19.6. The fraction of sp³-hybridized carbons (Fsp3) is 0.500. The first-order valence-corrected chi connectivity index (χ1v) is 8.64. The molecule has 0 N–H and O–H groups in total. The number of amides is 1. The van der Waals surface area contributed by atoms with Crippen molar-refractivity contribution in [2.45, 2.75) is 58.8 Å². The molecule has 0 aromatic heterocycles. The van der Waals surface area contributed by atoms with E-state index in [1.807, 2.05) is 58.0 Å². The molecule has 1 aliphatic rings. The summed E-state index contributed by atoms with van der Waals surface area (Å²) in [6.45, 7) is 8.31. The Balaban J connectivity index is 1.86. The number of nitrogens with zero attached hydrogens (tertiary/aromatic N) is 1. The summed E-state index contributed by atoms with van der Waals surface area (Å²) in [4.78, 5) is 25.9. The summed E-state index contributed by atoms with van der Waals surface area (Å²) in [5.41, 5.74) is 1.47. The van der Waals surface area contributed by atoms with E-state index in [0.29, 0.717) is 19.4 Å². The third-order valence-electron chi connectivity index (χ3n) is 3.93. The minimum atomic E-state index is -0.498. The van der Waals surface area contributed by atoms with E-state index in [1.54, 1.807) is 11.0 Å². The van der Waals surface area contributed by atoms with E-state index in [1.165, 1.54) is 0 Å². The molecule has 0 aliphatic carbocycles. The van der Waals surface area contributed by atoms with Crippen LogP contribution in [0, 0.1) is 0 Å². The van der Waals surface area contributed by atoms with E-state index < -0.39 is 5.60 Å². The Bertz CT molecular complexity index is 631. The Labute approximate surface area is 149 Å². The zero-order valence-electron chi connectivity index (χ0n) is 15.5. The fourth-order valence-electron chi connectivity index (χ4n) is 2.78. The van der Waals surface area contributed by atoms with Gasteiger partial charge in [0.25, 0.3) is 0 Å². The molecule has 1 saturated heterocycles. The molecule has 25 heavy (non-hydrogen) atoms. The Hall–Kier alpha value is -2.30. The van der Waals surface area contributed by atoms with Gasteiger partial charge >= 0.3 is 12.1 Å². The van der Waals surface area contributed by atoms with Crippen molar-refractivity contribution in [1.82, 2.24) is 4.90 Å². The molecule has 0 saturated carbocycles. The second kappa shape index (κ2) is 8.19. The quantitative estimate of drug-likeness (QED) is 0.612. The highest BCUT2D eigenvalue weighted by Crippen LogP contribution is 2.23. The molecule has 1 aliphatic heterocycles.